The Kier molecular flexibility index (Phi) is 5.10. The second kappa shape index (κ2) is 7.35. The van der Waals surface area contributed by atoms with Crippen molar-refractivity contribution in [2.75, 3.05) is 31.8 Å². The third kappa shape index (κ3) is 3.48. The zero-order chi connectivity index (χ0) is 21.6. The molecule has 2 heterocycles. The van der Waals surface area contributed by atoms with Crippen LogP contribution in [0.4, 0.5) is 10.5 Å². The number of anilines is 1. The summed E-state index contributed by atoms with van der Waals surface area (Å²) >= 11 is 0. The van der Waals surface area contributed by atoms with Gasteiger partial charge in [-0.15, -0.1) is 0 Å². The fourth-order valence-electron chi connectivity index (χ4n) is 4.96. The van der Waals surface area contributed by atoms with Gasteiger partial charge in [-0.25, -0.2) is 13.2 Å². The molecule has 1 saturated carbocycles. The molecular formula is C22H28N4O3S. The first-order chi connectivity index (χ1) is 14.2. The molecule has 30 heavy (non-hydrogen) atoms. The van der Waals surface area contributed by atoms with E-state index in [0.29, 0.717) is 12.2 Å². The quantitative estimate of drug-likeness (QED) is 0.810. The normalized spacial score (nSPS) is 26.9. The van der Waals surface area contributed by atoms with E-state index in [2.05, 4.69) is 53.6 Å². The van der Waals surface area contributed by atoms with Gasteiger partial charge in [0.1, 0.15) is 0 Å². The van der Waals surface area contributed by atoms with Gasteiger partial charge in [-0.3, -0.25) is 14.8 Å². The Balaban J connectivity index is 1.60. The summed E-state index contributed by atoms with van der Waals surface area (Å²) in [5.74, 6) is 0. The van der Waals surface area contributed by atoms with Crippen molar-refractivity contribution in [3.63, 3.8) is 0 Å². The average molecular weight is 429 g/mol. The van der Waals surface area contributed by atoms with Crippen molar-refractivity contribution in [1.29, 1.82) is 0 Å². The summed E-state index contributed by atoms with van der Waals surface area (Å²) < 4.78 is 24.4. The van der Waals surface area contributed by atoms with Crippen LogP contribution < -0.4 is 10.2 Å². The Morgan fingerprint density at radius 3 is 2.33 bits per heavy atom. The van der Waals surface area contributed by atoms with Crippen molar-refractivity contribution in [3.8, 4) is 0 Å². The van der Waals surface area contributed by atoms with Crippen LogP contribution in [0.25, 0.3) is 0 Å². The highest BCUT2D eigenvalue weighted by Crippen LogP contribution is 2.46. The molecule has 7 nitrogen and oxygen atoms in total. The number of hydrogen-bond donors (Lipinski definition) is 1. The number of sulfone groups is 1. The molecule has 8 heteroatoms. The molecule has 0 atom stereocenters. The number of nitrogens with zero attached hydrogens (tertiary/aromatic N) is 3. The minimum atomic E-state index is -3.47. The first kappa shape index (κ1) is 20.8. The van der Waals surface area contributed by atoms with Gasteiger partial charge in [-0.1, -0.05) is 30.3 Å². The van der Waals surface area contributed by atoms with Gasteiger partial charge in [-0.2, -0.15) is 0 Å². The Hall–Kier alpha value is -2.45. The predicted octanol–water partition coefficient (Wildman–Crippen LogP) is 2.78. The van der Waals surface area contributed by atoms with E-state index in [-0.39, 0.29) is 22.0 Å². The molecule has 2 aromatic rings. The van der Waals surface area contributed by atoms with E-state index in [9.17, 15) is 13.2 Å². The molecule has 1 N–H and O–H groups in total. The zero-order valence-electron chi connectivity index (χ0n) is 17.6. The molecule has 0 bridgehead atoms. The lowest BCUT2D eigenvalue weighted by Crippen LogP contribution is -2.54. The van der Waals surface area contributed by atoms with Crippen molar-refractivity contribution >= 4 is 21.6 Å². The number of carbonyl (C=O) groups excluding carboxylic acids is 1. The first-order valence-corrected chi connectivity index (χ1v) is 12.0. The molecule has 2 aliphatic rings. The second-order valence-electron chi connectivity index (χ2n) is 8.70. The van der Waals surface area contributed by atoms with Crippen molar-refractivity contribution in [3.05, 3.63) is 54.4 Å². The molecule has 1 aliphatic carbocycles. The minimum absolute atomic E-state index is 0.0725. The van der Waals surface area contributed by atoms with E-state index in [0.717, 1.165) is 31.9 Å². The van der Waals surface area contributed by atoms with Gasteiger partial charge in [0, 0.05) is 18.0 Å². The molecule has 2 fully saturated rings. The van der Waals surface area contributed by atoms with Crippen molar-refractivity contribution in [1.82, 2.24) is 15.2 Å². The average Bonchev–Trinajstić information content (AvgIpc) is 3.04. The Morgan fingerprint density at radius 1 is 1.07 bits per heavy atom. The molecule has 4 rings (SSSR count). The number of hydrogen-bond acceptors (Lipinski definition) is 5. The minimum Gasteiger partial charge on any atom is -0.330 e. The van der Waals surface area contributed by atoms with Crippen LogP contribution in [0.1, 0.15) is 31.2 Å². The number of aromatic nitrogens is 1. The van der Waals surface area contributed by atoms with E-state index in [1.807, 2.05) is 6.07 Å². The van der Waals surface area contributed by atoms with Gasteiger partial charge in [0.2, 0.25) is 0 Å². The first-order valence-electron chi connectivity index (χ1n) is 10.1. The van der Waals surface area contributed by atoms with Crippen LogP contribution in [0.3, 0.4) is 0 Å². The molecule has 1 aliphatic heterocycles. The zero-order valence-corrected chi connectivity index (χ0v) is 18.4. The Morgan fingerprint density at radius 2 is 1.73 bits per heavy atom. The van der Waals surface area contributed by atoms with E-state index < -0.39 is 9.84 Å². The highest BCUT2D eigenvalue weighted by atomic mass is 32.2. The molecular weight excluding hydrogens is 400 g/mol. The van der Waals surface area contributed by atoms with E-state index in [1.165, 1.54) is 28.9 Å². The summed E-state index contributed by atoms with van der Waals surface area (Å²) in [6.45, 7) is 0.443. The molecule has 1 aromatic heterocycles. The molecule has 1 aromatic carbocycles. The van der Waals surface area contributed by atoms with Crippen LogP contribution in [0.5, 0.6) is 0 Å². The van der Waals surface area contributed by atoms with Crippen LogP contribution in [0, 0.1) is 0 Å². The van der Waals surface area contributed by atoms with E-state index in [4.69, 9.17) is 0 Å². The lowest BCUT2D eigenvalue weighted by molar-refractivity contribution is 0.0657. The fourth-order valence-corrected chi connectivity index (χ4v) is 5.81. The molecule has 160 valence electrons. The summed E-state index contributed by atoms with van der Waals surface area (Å²) in [6.07, 6.45) is 7.50. The maximum Gasteiger partial charge on any atom is 0.322 e. The monoisotopic (exact) mass is 428 g/mol. The number of carbonyl (C=O) groups is 1. The summed E-state index contributed by atoms with van der Waals surface area (Å²) in [5, 5.41) is 3.17. The third-order valence-electron chi connectivity index (χ3n) is 6.73. The summed E-state index contributed by atoms with van der Waals surface area (Å²) in [4.78, 5) is 20.9. The van der Waals surface area contributed by atoms with Gasteiger partial charge in [0.15, 0.2) is 9.84 Å². The lowest BCUT2D eigenvalue weighted by atomic mass is 9.69. The van der Waals surface area contributed by atoms with E-state index in [1.54, 1.807) is 0 Å². The highest BCUT2D eigenvalue weighted by Gasteiger charge is 2.50. The fraction of sp³-hybridized carbons (Fsp3) is 0.455. The van der Waals surface area contributed by atoms with E-state index >= 15 is 0 Å². The van der Waals surface area contributed by atoms with Crippen LogP contribution >= 0.6 is 0 Å². The van der Waals surface area contributed by atoms with Crippen LogP contribution in [0.15, 0.2) is 53.7 Å². The highest BCUT2D eigenvalue weighted by molar-refractivity contribution is 7.90. The maximum absolute atomic E-state index is 12.9. The topological polar surface area (TPSA) is 82.6 Å². The SMILES string of the molecule is CN(C)[C@]1(c2ccccc2)CC[C@@]2(CC1)CN(c1cnccc1S(C)(=O)=O)C(=O)N2. The number of benzene rings is 1. The number of rotatable bonds is 4. The smallest absolute Gasteiger partial charge is 0.322 e. The largest absolute Gasteiger partial charge is 0.330 e. The summed E-state index contributed by atoms with van der Waals surface area (Å²) in [5.41, 5.74) is 1.20. The molecule has 0 unspecified atom stereocenters. The van der Waals surface area contributed by atoms with Crippen molar-refractivity contribution < 1.29 is 13.2 Å². The van der Waals surface area contributed by atoms with Crippen molar-refractivity contribution in [2.24, 2.45) is 0 Å². The Labute approximate surface area is 178 Å². The second-order valence-corrected chi connectivity index (χ2v) is 10.7. The van der Waals surface area contributed by atoms with Crippen molar-refractivity contribution in [2.45, 2.75) is 41.7 Å². The number of amides is 2. The van der Waals surface area contributed by atoms with Gasteiger partial charge < -0.3 is 5.32 Å². The molecule has 1 saturated heterocycles. The third-order valence-corrected chi connectivity index (χ3v) is 7.88. The predicted molar refractivity (Wildman–Crippen MR) is 116 cm³/mol. The maximum atomic E-state index is 12.9. The standard InChI is InChI=1S/C22H28N4O3S/c1-25(2)22(17-7-5-4-6-8-17)12-10-21(11-13-22)16-26(20(27)24-21)18-15-23-14-9-19(18)30(3,28)29/h4-9,14-15H,10-13,16H2,1-3H3,(H,24,27)/t21-,22-. The molecule has 1 spiro atoms. The lowest BCUT2D eigenvalue weighted by Gasteiger charge is -2.48. The van der Waals surface area contributed by atoms with Gasteiger partial charge in [-0.05, 0) is 51.4 Å². The number of pyridine rings is 1. The van der Waals surface area contributed by atoms with Crippen LogP contribution in [-0.4, -0.2) is 56.8 Å². The van der Waals surface area contributed by atoms with Gasteiger partial charge in [0.05, 0.1) is 28.9 Å². The number of urea groups is 1. The van der Waals surface area contributed by atoms with Gasteiger partial charge >= 0.3 is 6.03 Å². The summed E-state index contributed by atoms with van der Waals surface area (Å²) in [6, 6.07) is 11.7. The molecule has 0 radical (unpaired) electrons. The Bertz CT molecular complexity index is 1050. The van der Waals surface area contributed by atoms with Gasteiger partial charge in [0.25, 0.3) is 0 Å². The van der Waals surface area contributed by atoms with Crippen LogP contribution in [-0.2, 0) is 15.4 Å². The van der Waals surface area contributed by atoms with Crippen LogP contribution in [0.2, 0.25) is 0 Å². The molecule has 2 amide bonds. The summed E-state index contributed by atoms with van der Waals surface area (Å²) in [7, 11) is 0.749. The number of nitrogens with one attached hydrogen (secondary N) is 1.